The van der Waals surface area contributed by atoms with E-state index >= 15 is 0 Å². The second kappa shape index (κ2) is 4.16. The quantitative estimate of drug-likeness (QED) is 0.656. The van der Waals surface area contributed by atoms with Crippen LogP contribution in [0.5, 0.6) is 0 Å². The first-order valence-corrected chi connectivity index (χ1v) is 5.40. The molecule has 0 fully saturated rings. The Hall–Kier alpha value is -0.780. The van der Waals surface area contributed by atoms with Gasteiger partial charge < -0.3 is 0 Å². The second-order valence-corrected chi connectivity index (χ2v) is 5.04. The van der Waals surface area contributed by atoms with Gasteiger partial charge >= 0.3 is 0 Å². The van der Waals surface area contributed by atoms with Gasteiger partial charge in [0, 0.05) is 0 Å². The third-order valence-corrected chi connectivity index (χ3v) is 2.46. The average Bonchev–Trinajstić information content (AvgIpc) is 2.02. The average molecular weight is 189 g/mol. The van der Waals surface area contributed by atoms with Crippen LogP contribution in [0, 0.1) is 6.92 Å². The van der Waals surface area contributed by atoms with Gasteiger partial charge in [-0.2, -0.15) is 0 Å². The summed E-state index contributed by atoms with van der Waals surface area (Å²) in [5, 5.41) is 0. The van der Waals surface area contributed by atoms with Crippen LogP contribution >= 0.6 is 0 Å². The van der Waals surface area contributed by atoms with Crippen LogP contribution in [0.4, 0.5) is 0 Å². The lowest BCUT2D eigenvalue weighted by Gasteiger charge is -2.20. The number of rotatable bonds is 2. The maximum Gasteiger partial charge on any atom is -0.0132 e. The van der Waals surface area contributed by atoms with Crippen LogP contribution in [0.15, 0.2) is 18.2 Å². The Morgan fingerprint density at radius 1 is 1.14 bits per heavy atom. The summed E-state index contributed by atoms with van der Waals surface area (Å²) in [5.74, 6) is 0. The van der Waals surface area contributed by atoms with Crippen LogP contribution in [0.2, 0.25) is 0 Å². The van der Waals surface area contributed by atoms with E-state index in [-0.39, 0.29) is 5.41 Å². The summed E-state index contributed by atoms with van der Waals surface area (Å²) in [4.78, 5) is 0. The van der Waals surface area contributed by atoms with Gasteiger partial charge in [0.15, 0.2) is 0 Å². The molecule has 0 bridgehead atoms. The number of benzene rings is 1. The predicted octanol–water partition coefficient (Wildman–Crippen LogP) is 4.12. The van der Waals surface area contributed by atoms with Crippen LogP contribution in [0.3, 0.4) is 0 Å². The smallest absolute Gasteiger partial charge is 0.0132 e. The molecule has 14 heavy (non-hydrogen) atoms. The Morgan fingerprint density at radius 3 is 2.29 bits per heavy atom. The Labute approximate surface area is 88.4 Å². The molecule has 0 aliphatic heterocycles. The molecule has 0 aliphatic carbocycles. The van der Waals surface area contributed by atoms with E-state index < -0.39 is 0 Å². The van der Waals surface area contributed by atoms with Gasteiger partial charge in [0.05, 0.1) is 0 Å². The van der Waals surface area contributed by atoms with Gasteiger partial charge in [0.2, 0.25) is 0 Å². The van der Waals surface area contributed by atoms with Crippen LogP contribution in [-0.4, -0.2) is 0 Å². The molecule has 1 radical (unpaired) electrons. The molecule has 0 heterocycles. The fourth-order valence-corrected chi connectivity index (χ4v) is 1.63. The molecule has 0 N–H and O–H groups in total. The van der Waals surface area contributed by atoms with E-state index in [1.807, 2.05) is 0 Å². The molecule has 0 heteroatoms. The lowest BCUT2D eigenvalue weighted by molar-refractivity contribution is 0.589. The highest BCUT2D eigenvalue weighted by molar-refractivity contribution is 5.35. The molecule has 0 aliphatic rings. The van der Waals surface area contributed by atoms with Gasteiger partial charge in [-0.25, -0.2) is 0 Å². The summed E-state index contributed by atoms with van der Waals surface area (Å²) in [5.41, 5.74) is 4.19. The molecule has 1 aromatic carbocycles. The summed E-state index contributed by atoms with van der Waals surface area (Å²) < 4.78 is 0. The summed E-state index contributed by atoms with van der Waals surface area (Å²) in [7, 11) is 0. The maximum atomic E-state index is 4.04. The third-order valence-electron chi connectivity index (χ3n) is 2.46. The molecule has 0 atom stereocenters. The molecule has 0 saturated heterocycles. The normalized spacial score (nSPS) is 11.8. The van der Waals surface area contributed by atoms with E-state index in [0.717, 1.165) is 12.0 Å². The summed E-state index contributed by atoms with van der Waals surface area (Å²) in [6.45, 7) is 13.0. The van der Waals surface area contributed by atoms with Crippen LogP contribution in [0.25, 0.3) is 0 Å². The Balaban J connectivity index is 3.07. The predicted molar refractivity (Wildman–Crippen MR) is 63.6 cm³/mol. The standard InChI is InChI=1S/C14H21/c1-6-7-12-8-11(2)9-13(10-12)14(3,4)5/h8-10H,2,6-7H2,1,3-5H3. The first kappa shape index (κ1) is 11.3. The lowest BCUT2D eigenvalue weighted by Crippen LogP contribution is -2.11. The second-order valence-electron chi connectivity index (χ2n) is 5.04. The number of hydrogen-bond donors (Lipinski definition) is 0. The molecule has 1 aromatic rings. The molecule has 0 unspecified atom stereocenters. The van der Waals surface area contributed by atoms with Crippen LogP contribution < -0.4 is 0 Å². The fourth-order valence-electron chi connectivity index (χ4n) is 1.63. The molecule has 0 aromatic heterocycles. The van der Waals surface area contributed by atoms with Gasteiger partial charge in [-0.1, -0.05) is 52.3 Å². The SMILES string of the molecule is [CH2]c1cc(CCC)cc(C(C)(C)C)c1. The zero-order chi connectivity index (χ0) is 10.8. The Kier molecular flexibility index (Phi) is 3.36. The van der Waals surface area contributed by atoms with Gasteiger partial charge in [0.25, 0.3) is 0 Å². The minimum atomic E-state index is 0.232. The minimum absolute atomic E-state index is 0.232. The maximum absolute atomic E-state index is 4.04. The van der Waals surface area contributed by atoms with Crippen molar-refractivity contribution < 1.29 is 0 Å². The van der Waals surface area contributed by atoms with Crippen molar-refractivity contribution in [1.82, 2.24) is 0 Å². The van der Waals surface area contributed by atoms with E-state index in [2.05, 4.69) is 52.8 Å². The first-order chi connectivity index (χ1) is 6.43. The molecule has 0 nitrogen and oxygen atoms in total. The van der Waals surface area contributed by atoms with Crippen molar-refractivity contribution >= 4 is 0 Å². The van der Waals surface area contributed by atoms with Gasteiger partial charge in [-0.15, -0.1) is 0 Å². The summed E-state index contributed by atoms with van der Waals surface area (Å²) >= 11 is 0. The molecule has 0 saturated carbocycles. The van der Waals surface area contributed by atoms with Crippen molar-refractivity contribution in [2.24, 2.45) is 0 Å². The minimum Gasteiger partial charge on any atom is -0.0651 e. The topological polar surface area (TPSA) is 0 Å². The molecular formula is C14H21. The van der Waals surface area contributed by atoms with Gasteiger partial charge in [0.1, 0.15) is 0 Å². The fraction of sp³-hybridized carbons (Fsp3) is 0.500. The van der Waals surface area contributed by atoms with Crippen LogP contribution in [-0.2, 0) is 11.8 Å². The highest BCUT2D eigenvalue weighted by Gasteiger charge is 2.14. The Bertz CT molecular complexity index is 302. The molecule has 0 amide bonds. The monoisotopic (exact) mass is 189 g/mol. The van der Waals surface area contributed by atoms with E-state index in [1.54, 1.807) is 0 Å². The lowest BCUT2D eigenvalue weighted by atomic mass is 9.85. The molecular weight excluding hydrogens is 168 g/mol. The van der Waals surface area contributed by atoms with E-state index in [1.165, 1.54) is 17.5 Å². The summed E-state index contributed by atoms with van der Waals surface area (Å²) in [6, 6.07) is 6.70. The summed E-state index contributed by atoms with van der Waals surface area (Å²) in [6.07, 6.45) is 2.36. The highest BCUT2D eigenvalue weighted by atomic mass is 14.2. The molecule has 77 valence electrons. The largest absolute Gasteiger partial charge is 0.0651 e. The highest BCUT2D eigenvalue weighted by Crippen LogP contribution is 2.24. The number of aryl methyl sites for hydroxylation is 1. The van der Waals surface area contributed by atoms with E-state index in [0.29, 0.717) is 0 Å². The zero-order valence-corrected chi connectivity index (χ0v) is 9.85. The van der Waals surface area contributed by atoms with E-state index in [4.69, 9.17) is 0 Å². The van der Waals surface area contributed by atoms with Gasteiger partial charge in [-0.3, -0.25) is 0 Å². The van der Waals surface area contributed by atoms with E-state index in [9.17, 15) is 0 Å². The van der Waals surface area contributed by atoms with Crippen molar-refractivity contribution in [3.05, 3.63) is 41.8 Å². The van der Waals surface area contributed by atoms with Crippen molar-refractivity contribution in [2.45, 2.75) is 46.0 Å². The van der Waals surface area contributed by atoms with Gasteiger partial charge in [-0.05, 0) is 35.4 Å². The molecule has 0 spiro atoms. The van der Waals surface area contributed by atoms with Crippen molar-refractivity contribution in [3.8, 4) is 0 Å². The van der Waals surface area contributed by atoms with Crippen LogP contribution in [0.1, 0.15) is 50.8 Å². The first-order valence-electron chi connectivity index (χ1n) is 5.40. The van der Waals surface area contributed by atoms with Crippen molar-refractivity contribution in [1.29, 1.82) is 0 Å². The zero-order valence-electron chi connectivity index (χ0n) is 9.85. The number of hydrogen-bond acceptors (Lipinski definition) is 0. The van der Waals surface area contributed by atoms with Crippen molar-refractivity contribution in [3.63, 3.8) is 0 Å². The van der Waals surface area contributed by atoms with Crippen molar-refractivity contribution in [2.75, 3.05) is 0 Å². The Morgan fingerprint density at radius 2 is 1.79 bits per heavy atom. The third kappa shape index (κ3) is 2.87. The molecule has 1 rings (SSSR count).